The van der Waals surface area contributed by atoms with Crippen LogP contribution in [-0.2, 0) is 0 Å². The first kappa shape index (κ1) is 20.2. The SMILES string of the molecule is Cc1nc(OC2CCC(C(C)C)CC2)c(Br)cc1/N=C/N(C)C(C)C. The molecule has 1 aliphatic carbocycles. The third kappa shape index (κ3) is 5.70. The van der Waals surface area contributed by atoms with Gasteiger partial charge < -0.3 is 9.64 Å². The summed E-state index contributed by atoms with van der Waals surface area (Å²) < 4.78 is 7.07. The van der Waals surface area contributed by atoms with Crippen molar-refractivity contribution in [2.45, 2.75) is 72.4 Å². The molecule has 140 valence electrons. The first-order valence-corrected chi connectivity index (χ1v) is 10.2. The second kappa shape index (κ2) is 9.02. The lowest BCUT2D eigenvalue weighted by Gasteiger charge is -2.31. The summed E-state index contributed by atoms with van der Waals surface area (Å²) in [6.45, 7) is 10.9. The summed E-state index contributed by atoms with van der Waals surface area (Å²) in [4.78, 5) is 11.3. The molecule has 5 heteroatoms. The van der Waals surface area contributed by atoms with E-state index >= 15 is 0 Å². The zero-order chi connectivity index (χ0) is 18.6. The number of aromatic nitrogens is 1. The molecule has 0 bridgehead atoms. The minimum absolute atomic E-state index is 0.277. The Morgan fingerprint density at radius 3 is 2.44 bits per heavy atom. The molecule has 0 amide bonds. The molecule has 0 aromatic carbocycles. The zero-order valence-electron chi connectivity index (χ0n) is 16.4. The number of pyridine rings is 1. The van der Waals surface area contributed by atoms with Crippen molar-refractivity contribution in [3.8, 4) is 5.88 Å². The van der Waals surface area contributed by atoms with E-state index in [9.17, 15) is 0 Å². The van der Waals surface area contributed by atoms with Crippen LogP contribution >= 0.6 is 15.9 Å². The van der Waals surface area contributed by atoms with Gasteiger partial charge in [0, 0.05) is 13.1 Å². The van der Waals surface area contributed by atoms with Crippen LogP contribution in [0.5, 0.6) is 5.88 Å². The molecule has 0 radical (unpaired) electrons. The maximum absolute atomic E-state index is 6.19. The van der Waals surface area contributed by atoms with Crippen LogP contribution < -0.4 is 4.74 Å². The number of halogens is 1. The topological polar surface area (TPSA) is 37.7 Å². The molecule has 1 aliphatic rings. The van der Waals surface area contributed by atoms with Crippen molar-refractivity contribution in [2.75, 3.05) is 7.05 Å². The molecule has 1 aromatic heterocycles. The number of ether oxygens (including phenoxy) is 1. The molecule has 1 fully saturated rings. The lowest BCUT2D eigenvalue weighted by molar-refractivity contribution is 0.111. The van der Waals surface area contributed by atoms with Gasteiger partial charge in [-0.15, -0.1) is 0 Å². The quantitative estimate of drug-likeness (QED) is 0.443. The molecule has 0 spiro atoms. The molecule has 0 unspecified atom stereocenters. The molecular formula is C20H32BrN3O. The van der Waals surface area contributed by atoms with E-state index < -0.39 is 0 Å². The van der Waals surface area contributed by atoms with E-state index in [2.05, 4.69) is 58.5 Å². The molecule has 4 nitrogen and oxygen atoms in total. The monoisotopic (exact) mass is 409 g/mol. The van der Waals surface area contributed by atoms with Crippen LogP contribution in [0.4, 0.5) is 5.69 Å². The van der Waals surface area contributed by atoms with Crippen LogP contribution in [0, 0.1) is 18.8 Å². The summed E-state index contributed by atoms with van der Waals surface area (Å²) in [6.07, 6.45) is 6.88. The van der Waals surface area contributed by atoms with Crippen molar-refractivity contribution >= 4 is 28.0 Å². The first-order valence-electron chi connectivity index (χ1n) is 9.37. The van der Waals surface area contributed by atoms with Crippen molar-refractivity contribution < 1.29 is 4.74 Å². The molecule has 1 heterocycles. The van der Waals surface area contributed by atoms with Crippen LogP contribution in [-0.4, -0.2) is 35.4 Å². The van der Waals surface area contributed by atoms with Gasteiger partial charge in [-0.05, 0) is 80.3 Å². The van der Waals surface area contributed by atoms with E-state index in [4.69, 9.17) is 4.74 Å². The van der Waals surface area contributed by atoms with Crippen LogP contribution in [0.3, 0.4) is 0 Å². The second-order valence-electron chi connectivity index (χ2n) is 7.78. The van der Waals surface area contributed by atoms with Crippen molar-refractivity contribution in [1.82, 2.24) is 9.88 Å². The summed E-state index contributed by atoms with van der Waals surface area (Å²) in [5.41, 5.74) is 1.76. The minimum Gasteiger partial charge on any atom is -0.474 e. The zero-order valence-corrected chi connectivity index (χ0v) is 18.0. The van der Waals surface area contributed by atoms with Crippen LogP contribution in [0.15, 0.2) is 15.5 Å². The van der Waals surface area contributed by atoms with Crippen LogP contribution in [0.1, 0.15) is 59.1 Å². The third-order valence-corrected chi connectivity index (χ3v) is 5.81. The number of aryl methyl sites for hydroxylation is 1. The predicted molar refractivity (Wildman–Crippen MR) is 109 cm³/mol. The molecular weight excluding hydrogens is 378 g/mol. The minimum atomic E-state index is 0.277. The molecule has 0 saturated heterocycles. The fraction of sp³-hybridized carbons (Fsp3) is 0.700. The lowest BCUT2D eigenvalue weighted by Crippen LogP contribution is -2.26. The van der Waals surface area contributed by atoms with Gasteiger partial charge in [0.25, 0.3) is 0 Å². The van der Waals surface area contributed by atoms with E-state index in [0.29, 0.717) is 11.9 Å². The molecule has 0 N–H and O–H groups in total. The number of rotatable bonds is 6. The lowest BCUT2D eigenvalue weighted by atomic mass is 9.80. The Bertz CT molecular complexity index is 593. The Morgan fingerprint density at radius 1 is 1.24 bits per heavy atom. The molecule has 1 aromatic rings. The Morgan fingerprint density at radius 2 is 1.88 bits per heavy atom. The Kier molecular flexibility index (Phi) is 7.29. The van der Waals surface area contributed by atoms with E-state index in [1.165, 1.54) is 12.8 Å². The molecule has 2 rings (SSSR count). The van der Waals surface area contributed by atoms with Gasteiger partial charge in [0.15, 0.2) is 0 Å². The van der Waals surface area contributed by atoms with Crippen LogP contribution in [0.25, 0.3) is 0 Å². The molecule has 25 heavy (non-hydrogen) atoms. The van der Waals surface area contributed by atoms with Gasteiger partial charge in [-0.3, -0.25) is 0 Å². The molecule has 1 saturated carbocycles. The summed E-state index contributed by atoms with van der Waals surface area (Å²) >= 11 is 3.60. The summed E-state index contributed by atoms with van der Waals surface area (Å²) in [5, 5.41) is 0. The molecule has 0 atom stereocenters. The first-order chi connectivity index (χ1) is 11.8. The summed E-state index contributed by atoms with van der Waals surface area (Å²) in [7, 11) is 2.02. The Labute approximate surface area is 161 Å². The highest BCUT2D eigenvalue weighted by molar-refractivity contribution is 9.10. The Hall–Kier alpha value is -1.10. The fourth-order valence-electron chi connectivity index (χ4n) is 3.08. The van der Waals surface area contributed by atoms with Crippen molar-refractivity contribution in [3.63, 3.8) is 0 Å². The average Bonchev–Trinajstić information content (AvgIpc) is 2.56. The number of nitrogens with zero attached hydrogens (tertiary/aromatic N) is 3. The van der Waals surface area contributed by atoms with Crippen molar-refractivity contribution in [1.29, 1.82) is 0 Å². The van der Waals surface area contributed by atoms with Gasteiger partial charge in [-0.1, -0.05) is 13.8 Å². The van der Waals surface area contributed by atoms with Crippen LogP contribution in [0.2, 0.25) is 0 Å². The van der Waals surface area contributed by atoms with E-state index in [0.717, 1.165) is 40.5 Å². The second-order valence-corrected chi connectivity index (χ2v) is 8.64. The maximum Gasteiger partial charge on any atom is 0.228 e. The predicted octanol–water partition coefficient (Wildman–Crippen LogP) is 5.75. The van der Waals surface area contributed by atoms with E-state index in [1.807, 2.05) is 26.4 Å². The van der Waals surface area contributed by atoms with Gasteiger partial charge >= 0.3 is 0 Å². The number of hydrogen-bond donors (Lipinski definition) is 0. The standard InChI is InChI=1S/C20H32BrN3O/c1-13(2)16-7-9-17(10-8-16)25-20-18(21)11-19(15(5)23-20)22-12-24(6)14(3)4/h11-14,16-17H,7-10H2,1-6H3/b22-12+. The summed E-state index contributed by atoms with van der Waals surface area (Å²) in [5.74, 6) is 2.31. The fourth-order valence-corrected chi connectivity index (χ4v) is 3.48. The number of aliphatic imine (C=N–C) groups is 1. The highest BCUT2D eigenvalue weighted by Crippen LogP contribution is 2.35. The van der Waals surface area contributed by atoms with Gasteiger partial charge in [0.1, 0.15) is 6.10 Å². The van der Waals surface area contributed by atoms with E-state index in [1.54, 1.807) is 0 Å². The third-order valence-electron chi connectivity index (χ3n) is 5.24. The largest absolute Gasteiger partial charge is 0.474 e. The van der Waals surface area contributed by atoms with Gasteiger partial charge in [-0.2, -0.15) is 0 Å². The maximum atomic E-state index is 6.19. The van der Waals surface area contributed by atoms with Gasteiger partial charge in [0.05, 0.1) is 22.2 Å². The Balaban J connectivity index is 2.02. The molecule has 0 aliphatic heterocycles. The highest BCUT2D eigenvalue weighted by atomic mass is 79.9. The highest BCUT2D eigenvalue weighted by Gasteiger charge is 2.25. The van der Waals surface area contributed by atoms with Crippen molar-refractivity contribution in [3.05, 3.63) is 16.2 Å². The smallest absolute Gasteiger partial charge is 0.228 e. The van der Waals surface area contributed by atoms with Crippen molar-refractivity contribution in [2.24, 2.45) is 16.8 Å². The summed E-state index contributed by atoms with van der Waals surface area (Å²) in [6, 6.07) is 2.42. The normalized spacial score (nSPS) is 21.3. The van der Waals surface area contributed by atoms with Gasteiger partial charge in [-0.25, -0.2) is 9.98 Å². The van der Waals surface area contributed by atoms with E-state index in [-0.39, 0.29) is 6.10 Å². The number of hydrogen-bond acceptors (Lipinski definition) is 3. The van der Waals surface area contributed by atoms with Gasteiger partial charge in [0.2, 0.25) is 5.88 Å². The average molecular weight is 410 g/mol.